The minimum absolute atomic E-state index is 0.288. The maximum Gasteiger partial charge on any atom is 0.103 e. The highest BCUT2D eigenvalue weighted by Crippen LogP contribution is 2.16. The number of nitrogens with two attached hydrogens (primary N) is 1. The van der Waals surface area contributed by atoms with Crippen molar-refractivity contribution < 1.29 is 0 Å². The molecule has 0 radical (unpaired) electrons. The van der Waals surface area contributed by atoms with Gasteiger partial charge in [0.25, 0.3) is 0 Å². The van der Waals surface area contributed by atoms with E-state index in [4.69, 9.17) is 5.73 Å². The smallest absolute Gasteiger partial charge is 0.103 e. The van der Waals surface area contributed by atoms with E-state index in [0.717, 1.165) is 17.2 Å². The Morgan fingerprint density at radius 3 is 3.00 bits per heavy atom. The molecular formula is C8H14N2S2. The number of hydrogen-bond donors (Lipinski definition) is 1. The van der Waals surface area contributed by atoms with Crippen LogP contribution in [-0.4, -0.2) is 16.8 Å². The van der Waals surface area contributed by atoms with Crippen LogP contribution in [0, 0.1) is 6.92 Å². The van der Waals surface area contributed by atoms with Crippen LogP contribution in [0.4, 0.5) is 0 Å². The second kappa shape index (κ2) is 4.84. The Balaban J connectivity index is 2.24. The molecule has 0 aliphatic heterocycles. The number of thiazole rings is 1. The third kappa shape index (κ3) is 3.56. The van der Waals surface area contributed by atoms with E-state index in [2.05, 4.69) is 10.4 Å². The molecule has 1 aromatic rings. The lowest BCUT2D eigenvalue weighted by Gasteiger charge is -2.01. The van der Waals surface area contributed by atoms with Gasteiger partial charge in [-0.3, -0.25) is 0 Å². The van der Waals surface area contributed by atoms with E-state index < -0.39 is 0 Å². The van der Waals surface area contributed by atoms with Gasteiger partial charge < -0.3 is 5.73 Å². The maximum absolute atomic E-state index is 5.62. The second-order valence-electron chi connectivity index (χ2n) is 2.88. The molecule has 0 spiro atoms. The van der Waals surface area contributed by atoms with E-state index in [1.165, 1.54) is 5.01 Å². The predicted molar refractivity (Wildman–Crippen MR) is 56.7 cm³/mol. The van der Waals surface area contributed by atoms with Crippen molar-refractivity contribution in [3.05, 3.63) is 16.1 Å². The maximum atomic E-state index is 5.62. The fourth-order valence-electron chi connectivity index (χ4n) is 0.801. The highest BCUT2D eigenvalue weighted by atomic mass is 32.2. The van der Waals surface area contributed by atoms with Gasteiger partial charge in [0.15, 0.2) is 0 Å². The summed E-state index contributed by atoms with van der Waals surface area (Å²) in [7, 11) is 0. The largest absolute Gasteiger partial charge is 0.327 e. The minimum atomic E-state index is 0.288. The molecule has 0 aliphatic carbocycles. The van der Waals surface area contributed by atoms with Crippen LogP contribution in [0.3, 0.4) is 0 Å². The molecule has 1 heterocycles. The van der Waals surface area contributed by atoms with Crippen LogP contribution in [0.15, 0.2) is 5.38 Å². The molecule has 0 fully saturated rings. The van der Waals surface area contributed by atoms with Crippen LogP contribution in [0.25, 0.3) is 0 Å². The Morgan fingerprint density at radius 1 is 1.75 bits per heavy atom. The van der Waals surface area contributed by atoms with Crippen LogP contribution in [-0.2, 0) is 5.75 Å². The quantitative estimate of drug-likeness (QED) is 0.812. The van der Waals surface area contributed by atoms with Gasteiger partial charge in [0.05, 0.1) is 0 Å². The van der Waals surface area contributed by atoms with Crippen molar-refractivity contribution in [1.82, 2.24) is 4.98 Å². The zero-order valence-electron chi connectivity index (χ0n) is 7.41. The summed E-state index contributed by atoms with van der Waals surface area (Å²) in [5.41, 5.74) is 6.75. The third-order valence-electron chi connectivity index (χ3n) is 1.27. The normalized spacial score (nSPS) is 13.2. The summed E-state index contributed by atoms with van der Waals surface area (Å²) in [6, 6.07) is 0.288. The van der Waals surface area contributed by atoms with Gasteiger partial charge in [-0.25, -0.2) is 4.98 Å². The van der Waals surface area contributed by atoms with Gasteiger partial charge in [-0.15, -0.1) is 11.3 Å². The van der Waals surface area contributed by atoms with Crippen molar-refractivity contribution in [3.8, 4) is 0 Å². The average Bonchev–Trinajstić information content (AvgIpc) is 2.35. The van der Waals surface area contributed by atoms with Crippen molar-refractivity contribution >= 4 is 23.1 Å². The van der Waals surface area contributed by atoms with Crippen LogP contribution >= 0.6 is 23.1 Å². The molecular weight excluding hydrogens is 188 g/mol. The van der Waals surface area contributed by atoms with Crippen LogP contribution in [0.5, 0.6) is 0 Å². The van der Waals surface area contributed by atoms with Crippen LogP contribution in [0.1, 0.15) is 17.6 Å². The number of rotatable bonds is 4. The van der Waals surface area contributed by atoms with Crippen molar-refractivity contribution in [1.29, 1.82) is 0 Å². The van der Waals surface area contributed by atoms with E-state index >= 15 is 0 Å². The van der Waals surface area contributed by atoms with Gasteiger partial charge >= 0.3 is 0 Å². The number of nitrogens with zero attached hydrogens (tertiary/aromatic N) is 1. The molecule has 68 valence electrons. The molecule has 0 amide bonds. The Kier molecular flexibility index (Phi) is 4.05. The summed E-state index contributed by atoms with van der Waals surface area (Å²) in [6.07, 6.45) is 0. The Bertz CT molecular complexity index is 233. The van der Waals surface area contributed by atoms with E-state index in [-0.39, 0.29) is 6.04 Å². The van der Waals surface area contributed by atoms with Gasteiger partial charge in [0, 0.05) is 28.6 Å². The Morgan fingerprint density at radius 2 is 2.50 bits per heavy atom. The molecule has 12 heavy (non-hydrogen) atoms. The molecule has 0 aliphatic rings. The van der Waals surface area contributed by atoms with Crippen molar-refractivity contribution in [2.24, 2.45) is 5.73 Å². The Hall–Kier alpha value is -0.0600. The first kappa shape index (κ1) is 10.0. The van der Waals surface area contributed by atoms with Crippen LogP contribution < -0.4 is 5.73 Å². The molecule has 0 aromatic carbocycles. The van der Waals surface area contributed by atoms with Crippen LogP contribution in [0.2, 0.25) is 0 Å². The fourth-order valence-corrected chi connectivity index (χ4v) is 2.61. The van der Waals surface area contributed by atoms with Gasteiger partial charge in [-0.05, 0) is 13.8 Å². The van der Waals surface area contributed by atoms with Gasteiger partial charge in [0.1, 0.15) is 5.01 Å². The standard InChI is InChI=1S/C8H14N2S2/c1-6(9)3-11-5-8-10-7(2)4-12-8/h4,6H,3,5,9H2,1-2H3. The van der Waals surface area contributed by atoms with E-state index in [1.807, 2.05) is 25.6 Å². The minimum Gasteiger partial charge on any atom is -0.327 e. The molecule has 2 N–H and O–H groups in total. The SMILES string of the molecule is Cc1csc(CSCC(C)N)n1. The molecule has 2 nitrogen and oxygen atoms in total. The molecule has 1 aromatic heterocycles. The lowest BCUT2D eigenvalue weighted by molar-refractivity contribution is 0.847. The molecule has 0 bridgehead atoms. The molecule has 1 unspecified atom stereocenters. The monoisotopic (exact) mass is 202 g/mol. The number of thioether (sulfide) groups is 1. The highest BCUT2D eigenvalue weighted by Gasteiger charge is 1.99. The molecule has 0 saturated carbocycles. The van der Waals surface area contributed by atoms with Crippen molar-refractivity contribution in [2.45, 2.75) is 25.6 Å². The summed E-state index contributed by atoms with van der Waals surface area (Å²) in [5, 5.41) is 3.29. The lowest BCUT2D eigenvalue weighted by atomic mass is 10.4. The van der Waals surface area contributed by atoms with Gasteiger partial charge in [-0.2, -0.15) is 11.8 Å². The zero-order chi connectivity index (χ0) is 8.97. The number of aryl methyl sites for hydroxylation is 1. The summed E-state index contributed by atoms with van der Waals surface area (Å²) in [5.74, 6) is 2.01. The topological polar surface area (TPSA) is 38.9 Å². The average molecular weight is 202 g/mol. The molecule has 0 saturated heterocycles. The van der Waals surface area contributed by atoms with Gasteiger partial charge in [0.2, 0.25) is 0 Å². The fraction of sp³-hybridized carbons (Fsp3) is 0.625. The molecule has 1 rings (SSSR count). The van der Waals surface area contributed by atoms with E-state index in [0.29, 0.717) is 0 Å². The number of hydrogen-bond acceptors (Lipinski definition) is 4. The van der Waals surface area contributed by atoms with Crippen molar-refractivity contribution in [2.75, 3.05) is 5.75 Å². The van der Waals surface area contributed by atoms with Crippen molar-refractivity contribution in [3.63, 3.8) is 0 Å². The first-order chi connectivity index (χ1) is 5.68. The first-order valence-electron chi connectivity index (χ1n) is 3.93. The predicted octanol–water partition coefficient (Wildman–Crippen LogP) is 2.03. The molecule has 4 heteroatoms. The highest BCUT2D eigenvalue weighted by molar-refractivity contribution is 7.98. The second-order valence-corrected chi connectivity index (χ2v) is 4.85. The summed E-state index contributed by atoms with van der Waals surface area (Å²) >= 11 is 3.58. The summed E-state index contributed by atoms with van der Waals surface area (Å²) in [6.45, 7) is 4.05. The summed E-state index contributed by atoms with van der Waals surface area (Å²) in [4.78, 5) is 4.36. The van der Waals surface area contributed by atoms with E-state index in [1.54, 1.807) is 11.3 Å². The molecule has 1 atom stereocenters. The lowest BCUT2D eigenvalue weighted by Crippen LogP contribution is -2.17. The summed E-state index contributed by atoms with van der Waals surface area (Å²) < 4.78 is 0. The Labute approximate surface area is 81.6 Å². The number of aromatic nitrogens is 1. The first-order valence-corrected chi connectivity index (χ1v) is 5.96. The zero-order valence-corrected chi connectivity index (χ0v) is 9.04. The van der Waals surface area contributed by atoms with Gasteiger partial charge in [-0.1, -0.05) is 0 Å². The third-order valence-corrected chi connectivity index (χ3v) is 3.66. The van der Waals surface area contributed by atoms with E-state index in [9.17, 15) is 0 Å².